The van der Waals surface area contributed by atoms with E-state index in [1.54, 1.807) is 29.2 Å². The molecule has 1 saturated heterocycles. The van der Waals surface area contributed by atoms with E-state index in [-0.39, 0.29) is 22.9 Å². The first-order valence-corrected chi connectivity index (χ1v) is 9.75. The summed E-state index contributed by atoms with van der Waals surface area (Å²) >= 11 is 6.23. The third kappa shape index (κ3) is 1.78. The van der Waals surface area contributed by atoms with Crippen LogP contribution in [0.4, 0.5) is 5.69 Å². The van der Waals surface area contributed by atoms with E-state index < -0.39 is 16.2 Å². The van der Waals surface area contributed by atoms with Gasteiger partial charge in [0.05, 0.1) is 16.2 Å². The zero-order chi connectivity index (χ0) is 20.8. The summed E-state index contributed by atoms with van der Waals surface area (Å²) in [6, 6.07) is 11.8. The molecule has 8 nitrogen and oxygen atoms in total. The molecule has 30 heavy (non-hydrogen) atoms. The Labute approximate surface area is 175 Å². The van der Waals surface area contributed by atoms with Gasteiger partial charge in [-0.15, -0.1) is 0 Å². The molecule has 1 amide bonds. The lowest BCUT2D eigenvalue weighted by molar-refractivity contribution is -0.435. The van der Waals surface area contributed by atoms with Gasteiger partial charge in [0, 0.05) is 40.5 Å². The minimum Gasteiger partial charge on any atom is -0.364 e. The summed E-state index contributed by atoms with van der Waals surface area (Å²) in [6.07, 6.45) is 0. The highest BCUT2D eigenvalue weighted by atomic mass is 35.5. The van der Waals surface area contributed by atoms with Gasteiger partial charge in [-0.1, -0.05) is 35.9 Å². The normalized spacial score (nSPS) is 23.3. The average Bonchev–Trinajstić information content (AvgIpc) is 3.38. The van der Waals surface area contributed by atoms with Crippen LogP contribution in [0.15, 0.2) is 59.6 Å². The van der Waals surface area contributed by atoms with E-state index in [9.17, 15) is 19.7 Å². The molecule has 148 valence electrons. The van der Waals surface area contributed by atoms with Crippen LogP contribution in [0.5, 0.6) is 0 Å². The predicted octanol–water partition coefficient (Wildman–Crippen LogP) is 2.50. The van der Waals surface area contributed by atoms with Crippen LogP contribution in [0.1, 0.15) is 21.5 Å². The minimum absolute atomic E-state index is 0.112. The van der Waals surface area contributed by atoms with Crippen LogP contribution in [0.3, 0.4) is 0 Å². The van der Waals surface area contributed by atoms with Crippen LogP contribution in [0.25, 0.3) is 5.70 Å². The van der Waals surface area contributed by atoms with Crippen molar-refractivity contribution in [2.45, 2.75) is 5.41 Å². The van der Waals surface area contributed by atoms with Crippen molar-refractivity contribution in [3.8, 4) is 0 Å². The molecule has 0 radical (unpaired) electrons. The number of hydrogen-bond acceptors (Lipinski definition) is 6. The highest BCUT2D eigenvalue weighted by Crippen LogP contribution is 2.58. The number of benzene rings is 2. The molecule has 2 N–H and O–H groups in total. The lowest BCUT2D eigenvalue weighted by Crippen LogP contribution is -2.48. The van der Waals surface area contributed by atoms with Crippen molar-refractivity contribution >= 4 is 34.7 Å². The maximum atomic E-state index is 13.6. The van der Waals surface area contributed by atoms with Gasteiger partial charge < -0.3 is 15.5 Å². The summed E-state index contributed by atoms with van der Waals surface area (Å²) in [7, 11) is 0. The van der Waals surface area contributed by atoms with Gasteiger partial charge in [0.25, 0.3) is 5.91 Å². The van der Waals surface area contributed by atoms with E-state index in [0.29, 0.717) is 46.2 Å². The second-order valence-corrected chi connectivity index (χ2v) is 7.96. The van der Waals surface area contributed by atoms with Crippen molar-refractivity contribution < 1.29 is 14.5 Å². The highest BCUT2D eigenvalue weighted by Gasteiger charge is 2.67. The smallest absolute Gasteiger partial charge is 0.310 e. The van der Waals surface area contributed by atoms with Crippen LogP contribution in [-0.4, -0.2) is 34.6 Å². The quantitative estimate of drug-likeness (QED) is 0.542. The van der Waals surface area contributed by atoms with Crippen molar-refractivity contribution in [3.05, 3.63) is 91.4 Å². The largest absolute Gasteiger partial charge is 0.364 e. The van der Waals surface area contributed by atoms with Crippen molar-refractivity contribution in [1.82, 2.24) is 10.2 Å². The fraction of sp³-hybridized carbons (Fsp3) is 0.143. The summed E-state index contributed by atoms with van der Waals surface area (Å²) in [5.41, 5.74) is 0.250. The molecule has 1 unspecified atom stereocenters. The number of hydrogen-bond donors (Lipinski definition) is 2. The Kier molecular flexibility index (Phi) is 3.15. The van der Waals surface area contributed by atoms with Crippen LogP contribution in [0, 0.1) is 10.1 Å². The molecule has 2 aromatic carbocycles. The van der Waals surface area contributed by atoms with Crippen LogP contribution in [0.2, 0.25) is 5.02 Å². The number of amides is 1. The Morgan fingerprint density at radius 2 is 1.90 bits per heavy atom. The Hall–Kier alpha value is -3.65. The van der Waals surface area contributed by atoms with Gasteiger partial charge in [-0.05, 0) is 18.2 Å². The van der Waals surface area contributed by atoms with Crippen LogP contribution >= 0.6 is 11.6 Å². The van der Waals surface area contributed by atoms with E-state index in [4.69, 9.17) is 11.6 Å². The highest BCUT2D eigenvalue weighted by molar-refractivity contribution is 6.32. The van der Waals surface area contributed by atoms with Crippen molar-refractivity contribution in [1.29, 1.82) is 0 Å². The van der Waals surface area contributed by atoms with Gasteiger partial charge in [0.1, 0.15) is 0 Å². The summed E-state index contributed by atoms with van der Waals surface area (Å²) in [6.45, 7) is 0.910. The molecule has 0 bridgehead atoms. The first-order valence-electron chi connectivity index (χ1n) is 9.37. The van der Waals surface area contributed by atoms with E-state index in [0.717, 1.165) is 0 Å². The molecule has 9 heteroatoms. The van der Waals surface area contributed by atoms with Gasteiger partial charge in [0.2, 0.25) is 5.41 Å². The predicted molar refractivity (Wildman–Crippen MR) is 108 cm³/mol. The fourth-order valence-corrected chi connectivity index (χ4v) is 5.27. The molecule has 0 aromatic heterocycles. The topological polar surface area (TPSA) is 105 Å². The number of halogens is 1. The molecule has 3 aliphatic heterocycles. The van der Waals surface area contributed by atoms with E-state index in [1.807, 2.05) is 12.1 Å². The number of carbonyl (C=O) groups is 2. The molecular weight excluding hydrogens is 408 g/mol. The molecule has 2 aromatic rings. The number of rotatable bonds is 1. The summed E-state index contributed by atoms with van der Waals surface area (Å²) in [5.74, 6) is -0.763. The van der Waals surface area contributed by atoms with E-state index in [1.165, 1.54) is 6.07 Å². The molecule has 4 aliphatic rings. The van der Waals surface area contributed by atoms with E-state index in [2.05, 4.69) is 10.6 Å². The molecule has 6 rings (SSSR count). The number of carbonyl (C=O) groups excluding carboxylic acids is 2. The Balaban J connectivity index is 1.80. The lowest BCUT2D eigenvalue weighted by Gasteiger charge is -2.35. The van der Waals surface area contributed by atoms with Gasteiger partial charge in [-0.3, -0.25) is 19.7 Å². The number of nitrogens with one attached hydrogen (secondary N) is 2. The third-order valence-electron chi connectivity index (χ3n) is 6.17. The Morgan fingerprint density at radius 3 is 2.67 bits per heavy atom. The SMILES string of the molecule is O=C1C2=C(c3ccccc31)N1CCNC1=C([N+](=O)[O-])C21C(=O)Nc2ccc(Cl)cc21. The number of anilines is 1. The van der Waals surface area contributed by atoms with Crippen molar-refractivity contribution in [2.24, 2.45) is 0 Å². The number of Topliss-reactive ketones (excluding diaryl/α,β-unsaturated/α-hetero) is 1. The third-order valence-corrected chi connectivity index (χ3v) is 6.40. The first-order chi connectivity index (χ1) is 14.5. The first kappa shape index (κ1) is 17.2. The van der Waals surface area contributed by atoms with Gasteiger partial charge in [-0.2, -0.15) is 0 Å². The van der Waals surface area contributed by atoms with Crippen LogP contribution < -0.4 is 10.6 Å². The van der Waals surface area contributed by atoms with Gasteiger partial charge in [0.15, 0.2) is 11.6 Å². The molecule has 1 spiro atoms. The van der Waals surface area contributed by atoms with E-state index >= 15 is 0 Å². The summed E-state index contributed by atoms with van der Waals surface area (Å²) in [4.78, 5) is 40.8. The summed E-state index contributed by atoms with van der Waals surface area (Å²) in [5, 5.41) is 18.5. The Morgan fingerprint density at radius 1 is 1.13 bits per heavy atom. The molecule has 3 heterocycles. The van der Waals surface area contributed by atoms with Crippen LogP contribution in [-0.2, 0) is 10.2 Å². The zero-order valence-electron chi connectivity index (χ0n) is 15.4. The molecular formula is C21H13ClN4O4. The molecule has 1 fully saturated rings. The minimum atomic E-state index is -1.89. The van der Waals surface area contributed by atoms with Crippen molar-refractivity contribution in [2.75, 3.05) is 18.4 Å². The number of fused-ring (bicyclic) bond motifs is 7. The maximum Gasteiger partial charge on any atom is 0.310 e. The number of ketones is 1. The Bertz CT molecular complexity index is 1300. The number of nitrogens with zero attached hydrogens (tertiary/aromatic N) is 2. The van der Waals surface area contributed by atoms with Gasteiger partial charge in [-0.25, -0.2) is 0 Å². The second kappa shape index (κ2) is 5.48. The fourth-order valence-electron chi connectivity index (χ4n) is 5.10. The molecule has 0 saturated carbocycles. The lowest BCUT2D eigenvalue weighted by atomic mass is 9.69. The van der Waals surface area contributed by atoms with Crippen molar-refractivity contribution in [3.63, 3.8) is 0 Å². The maximum absolute atomic E-state index is 13.6. The molecule has 1 atom stereocenters. The monoisotopic (exact) mass is 420 g/mol. The summed E-state index contributed by atoms with van der Waals surface area (Å²) < 4.78 is 0. The second-order valence-electron chi connectivity index (χ2n) is 7.53. The molecule has 1 aliphatic carbocycles. The standard InChI is InChI=1S/C21H13ClN4O4/c22-10-5-6-14-13(9-10)21(20(28)24-14)15-16(11-3-1-2-4-12(11)17(15)27)25-8-7-23-19(25)18(21)26(29)30/h1-6,9,23H,7-8H2,(H,24,28). The average molecular weight is 421 g/mol. The zero-order valence-corrected chi connectivity index (χ0v) is 16.1. The van der Waals surface area contributed by atoms with Gasteiger partial charge >= 0.3 is 5.70 Å². The number of nitro groups is 1.